The van der Waals surface area contributed by atoms with E-state index in [4.69, 9.17) is 11.0 Å². The number of aromatic nitrogens is 1. The monoisotopic (exact) mass is 190 g/mol. The maximum Gasteiger partial charge on any atom is 0.0643 e. The number of anilines is 2. The van der Waals surface area contributed by atoms with E-state index in [1.54, 1.807) is 12.4 Å². The molecule has 4 heteroatoms. The third-order valence-electron chi connectivity index (χ3n) is 2.20. The van der Waals surface area contributed by atoms with Crippen LogP contribution < -0.4 is 10.6 Å². The summed E-state index contributed by atoms with van der Waals surface area (Å²) in [6.45, 7) is 1.99. The molecule has 4 nitrogen and oxygen atoms in total. The van der Waals surface area contributed by atoms with Crippen LogP contribution in [0.2, 0.25) is 0 Å². The number of hydrogen-bond acceptors (Lipinski definition) is 4. The first kappa shape index (κ1) is 10.3. The molecular formula is C10H14N4. The van der Waals surface area contributed by atoms with Gasteiger partial charge in [-0.1, -0.05) is 0 Å². The summed E-state index contributed by atoms with van der Waals surface area (Å²) in [5.41, 5.74) is 7.19. The number of rotatable bonds is 3. The minimum Gasteiger partial charge on any atom is -0.397 e. The highest BCUT2D eigenvalue weighted by Crippen LogP contribution is 2.17. The van der Waals surface area contributed by atoms with E-state index in [1.165, 1.54) is 0 Å². The van der Waals surface area contributed by atoms with Crippen molar-refractivity contribution < 1.29 is 0 Å². The number of pyridine rings is 1. The molecule has 0 aromatic carbocycles. The summed E-state index contributed by atoms with van der Waals surface area (Å²) < 4.78 is 0. The highest BCUT2D eigenvalue weighted by molar-refractivity contribution is 5.53. The van der Waals surface area contributed by atoms with Gasteiger partial charge in [0, 0.05) is 19.3 Å². The second kappa shape index (κ2) is 4.47. The Hall–Kier alpha value is -1.76. The summed E-state index contributed by atoms with van der Waals surface area (Å²) in [5, 5.41) is 8.57. The molecule has 1 unspecified atom stereocenters. The molecule has 0 saturated carbocycles. The number of nitrogens with zero attached hydrogens (tertiary/aromatic N) is 3. The molecule has 0 amide bonds. The fourth-order valence-corrected chi connectivity index (χ4v) is 1.16. The lowest BCUT2D eigenvalue weighted by Crippen LogP contribution is -2.28. The van der Waals surface area contributed by atoms with Gasteiger partial charge in [0.05, 0.1) is 30.1 Å². The van der Waals surface area contributed by atoms with Crippen LogP contribution in [0.1, 0.15) is 13.3 Å². The van der Waals surface area contributed by atoms with Crippen LogP contribution in [-0.2, 0) is 0 Å². The maximum absolute atomic E-state index is 8.57. The van der Waals surface area contributed by atoms with Gasteiger partial charge in [-0.15, -0.1) is 0 Å². The Labute approximate surface area is 84.0 Å². The van der Waals surface area contributed by atoms with Crippen LogP contribution in [0.3, 0.4) is 0 Å². The van der Waals surface area contributed by atoms with Crippen molar-refractivity contribution in [2.75, 3.05) is 17.7 Å². The van der Waals surface area contributed by atoms with Crippen molar-refractivity contribution in [3.63, 3.8) is 0 Å². The second-order valence-electron chi connectivity index (χ2n) is 3.30. The maximum atomic E-state index is 8.57. The largest absolute Gasteiger partial charge is 0.397 e. The van der Waals surface area contributed by atoms with Crippen molar-refractivity contribution in [2.24, 2.45) is 0 Å². The van der Waals surface area contributed by atoms with E-state index in [1.807, 2.05) is 24.9 Å². The highest BCUT2D eigenvalue weighted by Gasteiger charge is 2.09. The molecule has 1 rings (SSSR count). The minimum atomic E-state index is 0.170. The third kappa shape index (κ3) is 2.36. The first-order valence-corrected chi connectivity index (χ1v) is 4.45. The molecule has 0 aliphatic heterocycles. The van der Waals surface area contributed by atoms with Crippen molar-refractivity contribution in [1.82, 2.24) is 4.98 Å². The zero-order chi connectivity index (χ0) is 10.6. The fraction of sp³-hybridized carbons (Fsp3) is 0.400. The van der Waals surface area contributed by atoms with Crippen molar-refractivity contribution in [3.05, 3.63) is 18.5 Å². The van der Waals surface area contributed by atoms with Gasteiger partial charge in [-0.05, 0) is 13.0 Å². The summed E-state index contributed by atoms with van der Waals surface area (Å²) in [6, 6.07) is 4.16. The van der Waals surface area contributed by atoms with Crippen molar-refractivity contribution in [3.8, 4) is 6.07 Å². The molecule has 1 aromatic heterocycles. The Morgan fingerprint density at radius 2 is 2.36 bits per heavy atom. The molecular weight excluding hydrogens is 176 g/mol. The second-order valence-corrected chi connectivity index (χ2v) is 3.30. The smallest absolute Gasteiger partial charge is 0.0643 e. The van der Waals surface area contributed by atoms with Crippen LogP contribution >= 0.6 is 0 Å². The number of nitriles is 1. The van der Waals surface area contributed by atoms with Gasteiger partial charge in [-0.2, -0.15) is 5.26 Å². The molecule has 0 fully saturated rings. The Bertz CT molecular complexity index is 342. The molecule has 0 spiro atoms. The zero-order valence-corrected chi connectivity index (χ0v) is 8.44. The summed E-state index contributed by atoms with van der Waals surface area (Å²) in [7, 11) is 1.93. The van der Waals surface area contributed by atoms with E-state index in [0.29, 0.717) is 12.1 Å². The lowest BCUT2D eigenvalue weighted by Gasteiger charge is -2.24. The van der Waals surface area contributed by atoms with Gasteiger partial charge in [-0.25, -0.2) is 0 Å². The summed E-state index contributed by atoms with van der Waals surface area (Å²) in [6.07, 6.45) is 3.84. The molecule has 0 radical (unpaired) electrons. The van der Waals surface area contributed by atoms with Gasteiger partial charge in [0.1, 0.15) is 0 Å². The van der Waals surface area contributed by atoms with Crippen molar-refractivity contribution in [2.45, 2.75) is 19.4 Å². The van der Waals surface area contributed by atoms with E-state index in [2.05, 4.69) is 11.1 Å². The molecule has 0 saturated heterocycles. The van der Waals surface area contributed by atoms with Gasteiger partial charge in [0.25, 0.3) is 0 Å². The van der Waals surface area contributed by atoms with E-state index < -0.39 is 0 Å². The van der Waals surface area contributed by atoms with Crippen LogP contribution in [-0.4, -0.2) is 18.1 Å². The Morgan fingerprint density at radius 3 is 2.93 bits per heavy atom. The van der Waals surface area contributed by atoms with Crippen molar-refractivity contribution in [1.29, 1.82) is 5.26 Å². The van der Waals surface area contributed by atoms with Gasteiger partial charge in [-0.3, -0.25) is 4.98 Å². The normalized spacial score (nSPS) is 11.8. The molecule has 14 heavy (non-hydrogen) atoms. The fourth-order valence-electron chi connectivity index (χ4n) is 1.16. The zero-order valence-electron chi connectivity index (χ0n) is 8.44. The molecule has 0 aliphatic rings. The van der Waals surface area contributed by atoms with Gasteiger partial charge >= 0.3 is 0 Å². The molecule has 74 valence electrons. The van der Waals surface area contributed by atoms with Gasteiger partial charge < -0.3 is 10.6 Å². The van der Waals surface area contributed by atoms with E-state index in [9.17, 15) is 0 Å². The number of nitrogen functional groups attached to an aromatic ring is 1. The number of nitrogens with two attached hydrogens (primary N) is 1. The van der Waals surface area contributed by atoms with Crippen LogP contribution in [0.15, 0.2) is 18.5 Å². The van der Waals surface area contributed by atoms with Crippen LogP contribution in [0, 0.1) is 11.3 Å². The van der Waals surface area contributed by atoms with Crippen LogP contribution in [0.4, 0.5) is 11.4 Å². The van der Waals surface area contributed by atoms with Gasteiger partial charge in [0.15, 0.2) is 0 Å². The summed E-state index contributed by atoms with van der Waals surface area (Å²) in [5.74, 6) is 0. The molecule has 0 aliphatic carbocycles. The first-order valence-electron chi connectivity index (χ1n) is 4.45. The predicted molar refractivity (Wildman–Crippen MR) is 56.7 cm³/mol. The Balaban J connectivity index is 2.79. The molecule has 1 atom stereocenters. The van der Waals surface area contributed by atoms with E-state index in [0.717, 1.165) is 5.69 Å². The van der Waals surface area contributed by atoms with E-state index in [-0.39, 0.29) is 6.04 Å². The topological polar surface area (TPSA) is 65.9 Å². The Morgan fingerprint density at radius 1 is 1.64 bits per heavy atom. The lowest BCUT2D eigenvalue weighted by atomic mass is 10.2. The molecule has 1 aromatic rings. The van der Waals surface area contributed by atoms with E-state index >= 15 is 0 Å². The SMILES string of the molecule is CC(CC#N)N(C)c1cncc(N)c1. The quantitative estimate of drug-likeness (QED) is 0.782. The van der Waals surface area contributed by atoms with Crippen LogP contribution in [0.5, 0.6) is 0 Å². The summed E-state index contributed by atoms with van der Waals surface area (Å²) in [4.78, 5) is 5.99. The number of hydrogen-bond donors (Lipinski definition) is 1. The highest BCUT2D eigenvalue weighted by atomic mass is 15.1. The van der Waals surface area contributed by atoms with Gasteiger partial charge in [0.2, 0.25) is 0 Å². The summed E-state index contributed by atoms with van der Waals surface area (Å²) >= 11 is 0. The minimum absolute atomic E-state index is 0.170. The average Bonchev–Trinajstić information content (AvgIpc) is 2.17. The predicted octanol–water partition coefficient (Wildman–Crippen LogP) is 1.40. The van der Waals surface area contributed by atoms with Crippen molar-refractivity contribution >= 4 is 11.4 Å². The van der Waals surface area contributed by atoms with Crippen LogP contribution in [0.25, 0.3) is 0 Å². The molecule has 2 N–H and O–H groups in total. The standard InChI is InChI=1S/C10H14N4/c1-8(3-4-11)14(2)10-5-9(12)6-13-7-10/h5-8H,3,12H2,1-2H3. The Kier molecular flexibility index (Phi) is 3.29. The average molecular weight is 190 g/mol. The molecule has 0 bridgehead atoms. The third-order valence-corrected chi connectivity index (χ3v) is 2.20. The molecule has 1 heterocycles. The first-order chi connectivity index (χ1) is 6.65. The lowest BCUT2D eigenvalue weighted by molar-refractivity contribution is 0.701.